The van der Waals surface area contributed by atoms with Crippen LogP contribution in [0.3, 0.4) is 0 Å². The van der Waals surface area contributed by atoms with Gasteiger partial charge < -0.3 is 0 Å². The van der Waals surface area contributed by atoms with E-state index < -0.39 is 0 Å². The molecule has 0 N–H and O–H groups in total. The molecule has 0 aliphatic carbocycles. The summed E-state index contributed by atoms with van der Waals surface area (Å²) < 4.78 is 0. The van der Waals surface area contributed by atoms with E-state index in [4.69, 9.17) is 0 Å². The van der Waals surface area contributed by atoms with Gasteiger partial charge in [0.15, 0.2) is 0 Å². The van der Waals surface area contributed by atoms with Gasteiger partial charge in [0.1, 0.15) is 0 Å². The molecule has 0 saturated heterocycles. The molecule has 1 rings (SSSR count). The van der Waals surface area contributed by atoms with E-state index in [1.165, 1.54) is 16.7 Å². The molecule has 0 bridgehead atoms. The van der Waals surface area contributed by atoms with E-state index in [1.54, 1.807) is 0 Å². The molecular weight excluding hydrogens is 216 g/mol. The third kappa shape index (κ3) is 7.89. The average Bonchev–Trinajstić information content (AvgIpc) is 2.32. The molecule has 0 unspecified atom stereocenters. The number of rotatable bonds is 4. The van der Waals surface area contributed by atoms with Crippen LogP contribution in [0.15, 0.2) is 43.0 Å². The highest BCUT2D eigenvalue weighted by molar-refractivity contribution is 5.47. The van der Waals surface area contributed by atoms with Crippen LogP contribution in [-0.2, 0) is 6.42 Å². The van der Waals surface area contributed by atoms with Crippen LogP contribution in [0.1, 0.15) is 53.7 Å². The Morgan fingerprint density at radius 3 is 1.94 bits per heavy atom. The van der Waals surface area contributed by atoms with Crippen LogP contribution >= 0.6 is 0 Å². The summed E-state index contributed by atoms with van der Waals surface area (Å²) >= 11 is 0. The molecule has 0 heterocycles. The Morgan fingerprint density at radius 2 is 1.61 bits per heavy atom. The van der Waals surface area contributed by atoms with Crippen LogP contribution in [0.2, 0.25) is 0 Å². The Kier molecular flexibility index (Phi) is 14.8. The Hall–Kier alpha value is -1.30. The number of benzene rings is 1. The van der Waals surface area contributed by atoms with Crippen molar-refractivity contribution in [2.24, 2.45) is 5.92 Å². The largest absolute Gasteiger partial charge is 0.0999 e. The SMILES string of the molecule is C.C.C=Cc1ccc(C[C@H](C)C(=C)C)cc1.CC. The zero-order chi connectivity index (χ0) is 12.6. The Labute approximate surface area is 115 Å². The molecule has 1 aromatic rings. The summed E-state index contributed by atoms with van der Waals surface area (Å²) in [6.07, 6.45) is 2.94. The van der Waals surface area contributed by atoms with Gasteiger partial charge in [-0.3, -0.25) is 0 Å². The van der Waals surface area contributed by atoms with E-state index in [0.717, 1.165) is 6.42 Å². The van der Waals surface area contributed by atoms with Crippen LogP contribution in [0.25, 0.3) is 6.08 Å². The van der Waals surface area contributed by atoms with Gasteiger partial charge in [-0.15, -0.1) is 0 Å². The Bertz CT molecular complexity index is 316. The summed E-state index contributed by atoms with van der Waals surface area (Å²) in [4.78, 5) is 0. The minimum atomic E-state index is 0. The molecular formula is C18H32. The number of hydrogen-bond donors (Lipinski definition) is 0. The molecule has 1 aromatic carbocycles. The Balaban J connectivity index is -0.000000534. The fourth-order valence-corrected chi connectivity index (χ4v) is 1.32. The van der Waals surface area contributed by atoms with Gasteiger partial charge in [-0.25, -0.2) is 0 Å². The highest BCUT2D eigenvalue weighted by Gasteiger charge is 2.03. The molecule has 0 radical (unpaired) electrons. The number of allylic oxidation sites excluding steroid dienone is 1. The first-order chi connectivity index (χ1) is 7.63. The zero-order valence-electron chi connectivity index (χ0n) is 11.1. The third-order valence-corrected chi connectivity index (χ3v) is 2.60. The first-order valence-electron chi connectivity index (χ1n) is 6.00. The zero-order valence-corrected chi connectivity index (χ0v) is 11.1. The minimum absolute atomic E-state index is 0. The van der Waals surface area contributed by atoms with Gasteiger partial charge in [-0.2, -0.15) is 0 Å². The average molecular weight is 248 g/mol. The predicted octanol–water partition coefficient (Wildman–Crippen LogP) is 6.38. The first-order valence-corrected chi connectivity index (χ1v) is 6.00. The van der Waals surface area contributed by atoms with Crippen molar-refractivity contribution in [3.8, 4) is 0 Å². The van der Waals surface area contributed by atoms with Crippen molar-refractivity contribution in [2.75, 3.05) is 0 Å². The standard InChI is InChI=1S/C14H18.C2H6.2CH4/c1-5-13-6-8-14(9-7-13)10-12(4)11(2)3;1-2;;/h5-9,12H,1-2,10H2,3-4H3;1-2H3;2*1H4/t12-;;;/m0.../s1. The van der Waals surface area contributed by atoms with Crippen molar-refractivity contribution >= 4 is 6.08 Å². The van der Waals surface area contributed by atoms with Gasteiger partial charge in [0.25, 0.3) is 0 Å². The maximum atomic E-state index is 3.97. The predicted molar refractivity (Wildman–Crippen MR) is 89.0 cm³/mol. The lowest BCUT2D eigenvalue weighted by molar-refractivity contribution is 0.680. The van der Waals surface area contributed by atoms with Gasteiger partial charge >= 0.3 is 0 Å². The molecule has 0 amide bonds. The second kappa shape index (κ2) is 12.2. The van der Waals surface area contributed by atoms with E-state index in [0.29, 0.717) is 5.92 Å². The van der Waals surface area contributed by atoms with Crippen molar-refractivity contribution in [2.45, 2.75) is 49.0 Å². The monoisotopic (exact) mass is 248 g/mol. The lowest BCUT2D eigenvalue weighted by Crippen LogP contribution is -1.99. The maximum absolute atomic E-state index is 3.97. The van der Waals surface area contributed by atoms with E-state index >= 15 is 0 Å². The molecule has 0 aliphatic heterocycles. The summed E-state index contributed by atoms with van der Waals surface area (Å²) in [7, 11) is 0. The van der Waals surface area contributed by atoms with Gasteiger partial charge in [-0.05, 0) is 30.4 Å². The van der Waals surface area contributed by atoms with E-state index in [1.807, 2.05) is 19.9 Å². The van der Waals surface area contributed by atoms with Crippen molar-refractivity contribution < 1.29 is 0 Å². The molecule has 0 spiro atoms. The molecule has 1 atom stereocenters. The fraction of sp³-hybridized carbons (Fsp3) is 0.444. The molecule has 0 fully saturated rings. The Morgan fingerprint density at radius 1 is 1.17 bits per heavy atom. The van der Waals surface area contributed by atoms with Crippen LogP contribution in [-0.4, -0.2) is 0 Å². The van der Waals surface area contributed by atoms with Crippen LogP contribution in [0.5, 0.6) is 0 Å². The summed E-state index contributed by atoms with van der Waals surface area (Å²) in [6, 6.07) is 8.54. The first kappa shape index (κ1) is 21.9. The topological polar surface area (TPSA) is 0 Å². The molecule has 0 saturated carbocycles. The molecule has 0 aliphatic rings. The van der Waals surface area contributed by atoms with E-state index in [2.05, 4.69) is 51.3 Å². The molecule has 18 heavy (non-hydrogen) atoms. The molecule has 0 heteroatoms. The maximum Gasteiger partial charge on any atom is -0.0197 e. The third-order valence-electron chi connectivity index (χ3n) is 2.60. The smallest absolute Gasteiger partial charge is 0.0197 e. The second-order valence-electron chi connectivity index (χ2n) is 3.90. The minimum Gasteiger partial charge on any atom is -0.0999 e. The normalized spacial score (nSPS) is 9.78. The van der Waals surface area contributed by atoms with Gasteiger partial charge in [0.2, 0.25) is 0 Å². The lowest BCUT2D eigenvalue weighted by atomic mass is 9.95. The summed E-state index contributed by atoms with van der Waals surface area (Å²) in [5.41, 5.74) is 3.79. The highest BCUT2D eigenvalue weighted by Crippen LogP contribution is 2.15. The fourth-order valence-electron chi connectivity index (χ4n) is 1.32. The van der Waals surface area contributed by atoms with Crippen LogP contribution in [0.4, 0.5) is 0 Å². The number of hydrogen-bond acceptors (Lipinski definition) is 0. The van der Waals surface area contributed by atoms with Crippen molar-refractivity contribution in [3.63, 3.8) is 0 Å². The van der Waals surface area contributed by atoms with Crippen molar-refractivity contribution in [1.29, 1.82) is 0 Å². The van der Waals surface area contributed by atoms with Crippen molar-refractivity contribution in [3.05, 3.63) is 54.1 Å². The highest BCUT2D eigenvalue weighted by atomic mass is 14.1. The molecule has 104 valence electrons. The summed E-state index contributed by atoms with van der Waals surface area (Å²) in [5, 5.41) is 0. The molecule has 0 nitrogen and oxygen atoms in total. The quantitative estimate of drug-likeness (QED) is 0.542. The van der Waals surface area contributed by atoms with Gasteiger partial charge in [0, 0.05) is 0 Å². The summed E-state index contributed by atoms with van der Waals surface area (Å²) in [5.74, 6) is 0.560. The van der Waals surface area contributed by atoms with Gasteiger partial charge in [-0.1, -0.05) is 84.7 Å². The van der Waals surface area contributed by atoms with Crippen LogP contribution < -0.4 is 0 Å². The lowest BCUT2D eigenvalue weighted by Gasteiger charge is -2.10. The second-order valence-corrected chi connectivity index (χ2v) is 3.90. The summed E-state index contributed by atoms with van der Waals surface area (Å²) in [6.45, 7) is 16.0. The molecule has 0 aromatic heterocycles. The van der Waals surface area contributed by atoms with Gasteiger partial charge in [0.05, 0.1) is 0 Å². The van der Waals surface area contributed by atoms with Crippen molar-refractivity contribution in [1.82, 2.24) is 0 Å². The van der Waals surface area contributed by atoms with E-state index in [9.17, 15) is 0 Å². The van der Waals surface area contributed by atoms with E-state index in [-0.39, 0.29) is 14.9 Å². The van der Waals surface area contributed by atoms with Crippen LogP contribution in [0, 0.1) is 5.92 Å².